The van der Waals surface area contributed by atoms with Crippen LogP contribution in [-0.2, 0) is 78.0 Å². The van der Waals surface area contributed by atoms with Crippen molar-refractivity contribution in [3.63, 3.8) is 0 Å². The van der Waals surface area contributed by atoms with Crippen LogP contribution in [0, 0.1) is 68.0 Å². The van der Waals surface area contributed by atoms with Crippen LogP contribution in [0.3, 0.4) is 0 Å². The number of aromatic amines is 1. The molecule has 11 aromatic carbocycles. The number of benzene rings is 11. The molecule has 140 heavy (non-hydrogen) atoms. The Bertz CT molecular complexity index is 4650. The van der Waals surface area contributed by atoms with Gasteiger partial charge in [0.2, 0.25) is 0 Å². The van der Waals surface area contributed by atoms with Crippen molar-refractivity contribution in [2.45, 2.75) is 218 Å². The van der Waals surface area contributed by atoms with Crippen LogP contribution in [0.15, 0.2) is 297 Å². The van der Waals surface area contributed by atoms with Crippen LogP contribution in [0.25, 0.3) is 0 Å². The molecule has 12 aromatic rings. The summed E-state index contributed by atoms with van der Waals surface area (Å²) < 4.78 is 28.9. The van der Waals surface area contributed by atoms with E-state index >= 15 is 0 Å². The third-order valence-electron chi connectivity index (χ3n) is 22.1. The van der Waals surface area contributed by atoms with Gasteiger partial charge in [0.1, 0.15) is 67.5 Å². The highest BCUT2D eigenvalue weighted by atomic mass is 16.5. The number of rotatable bonds is 40. The van der Waals surface area contributed by atoms with Crippen molar-refractivity contribution < 1.29 is 28.8 Å². The van der Waals surface area contributed by atoms with Gasteiger partial charge in [-0.2, -0.15) is 36.8 Å². The molecule has 6 unspecified atom stereocenters. The number of nitriles is 6. The summed E-state index contributed by atoms with van der Waals surface area (Å²) >= 11 is 0. The van der Waals surface area contributed by atoms with E-state index in [-0.39, 0.29) is 5.75 Å². The van der Waals surface area contributed by atoms with Crippen LogP contribution in [-0.4, -0.2) is 173 Å². The largest absolute Gasteiger partial charge is 0.508 e. The highest BCUT2D eigenvalue weighted by Crippen LogP contribution is 2.24. The Balaban J connectivity index is 0.000000553. The number of aromatic nitrogens is 4. The Hall–Kier alpha value is -14.0. The van der Waals surface area contributed by atoms with E-state index in [4.69, 9.17) is 60.4 Å². The van der Waals surface area contributed by atoms with Gasteiger partial charge >= 0.3 is 0 Å². The minimum Gasteiger partial charge on any atom is -0.508 e. The quantitative estimate of drug-likeness (QED) is 0.0337. The van der Waals surface area contributed by atoms with Gasteiger partial charge in [0.15, 0.2) is 5.82 Å². The Morgan fingerprint density at radius 3 is 0.557 bits per heavy atom. The number of phenols is 1. The van der Waals surface area contributed by atoms with Crippen molar-refractivity contribution in [3.8, 4) is 70.9 Å². The maximum absolute atomic E-state index is 9.13. The lowest BCUT2D eigenvalue weighted by Crippen LogP contribution is -2.31. The lowest BCUT2D eigenvalue weighted by molar-refractivity contribution is 0.285. The van der Waals surface area contributed by atoms with Crippen LogP contribution < -0.4 is 23.7 Å². The summed E-state index contributed by atoms with van der Waals surface area (Å²) in [4.78, 5) is 12.3. The number of phenolic OH excluding ortho intramolecular Hbond substituents is 1. The molecule has 1 aromatic heterocycles. The van der Waals surface area contributed by atoms with Crippen LogP contribution >= 0.6 is 0 Å². The monoisotopic (exact) mass is 1890 g/mol. The predicted molar refractivity (Wildman–Crippen MR) is 572 cm³/mol. The number of likely N-dealkylation sites (N-methyl/N-ethyl adjacent to an activating group) is 6. The fourth-order valence-electron chi connectivity index (χ4n) is 12.9. The van der Waals surface area contributed by atoms with E-state index in [1.54, 1.807) is 12.1 Å². The maximum Gasteiger partial charge on any atom is 0.174 e. The summed E-state index contributed by atoms with van der Waals surface area (Å²) in [6.45, 7) is 36.4. The summed E-state index contributed by atoms with van der Waals surface area (Å²) in [5.41, 5.74) is 13.3. The predicted octanol–water partition coefficient (Wildman–Crippen LogP) is 23.9. The third kappa shape index (κ3) is 54.2. The zero-order chi connectivity index (χ0) is 103. The second-order valence-corrected chi connectivity index (χ2v) is 32.7. The van der Waals surface area contributed by atoms with E-state index in [2.05, 4.69) is 244 Å². The van der Waals surface area contributed by atoms with Crippen molar-refractivity contribution in [1.82, 2.24) is 50.0 Å². The molecular weight excluding hydrogens is 1740 g/mol. The maximum atomic E-state index is 9.13. The van der Waals surface area contributed by atoms with E-state index < -0.39 is 0 Å². The van der Waals surface area contributed by atoms with Crippen LogP contribution in [0.4, 0.5) is 0 Å². The van der Waals surface area contributed by atoms with Gasteiger partial charge in [-0.3, -0.25) is 29.4 Å². The molecule has 0 radical (unpaired) electrons. The zero-order valence-corrected chi connectivity index (χ0v) is 87.2. The molecule has 0 saturated carbocycles. The molecule has 1 heterocycles. The third-order valence-corrected chi connectivity index (χ3v) is 22.1. The number of aromatic hydroxyl groups is 1. The highest BCUT2D eigenvalue weighted by molar-refractivity contribution is 5.34. The molecule has 0 fully saturated rings. The molecular formula is C118H156N16O6. The average Bonchev–Trinajstić information content (AvgIpc) is 0.928. The van der Waals surface area contributed by atoms with Crippen molar-refractivity contribution >= 4 is 0 Å². The van der Waals surface area contributed by atoms with Crippen molar-refractivity contribution in [1.29, 1.82) is 31.6 Å². The first-order valence-corrected chi connectivity index (χ1v) is 48.7. The van der Waals surface area contributed by atoms with E-state index in [0.717, 1.165) is 79.5 Å². The lowest BCUT2D eigenvalue weighted by atomic mass is 10.1. The molecule has 0 spiro atoms. The van der Waals surface area contributed by atoms with Gasteiger partial charge in [0, 0.05) is 42.7 Å². The van der Waals surface area contributed by atoms with E-state index in [9.17, 15) is 0 Å². The average molecular weight is 1890 g/mol. The summed E-state index contributed by atoms with van der Waals surface area (Å²) in [6, 6.07) is 114. The molecule has 0 aliphatic heterocycles. The summed E-state index contributed by atoms with van der Waals surface area (Å²) in [5, 5.41) is 74.4. The van der Waals surface area contributed by atoms with Gasteiger partial charge in [-0.15, -0.1) is 10.2 Å². The second-order valence-electron chi connectivity index (χ2n) is 32.7. The molecule has 2 N–H and O–H groups in total. The van der Waals surface area contributed by atoms with Crippen LogP contribution in [0.1, 0.15) is 171 Å². The number of nitrogens with zero attached hydrogens (tertiary/aromatic N) is 15. The normalized spacial score (nSPS) is 11.3. The molecule has 22 nitrogen and oxygen atoms in total. The first-order chi connectivity index (χ1) is 68.0. The van der Waals surface area contributed by atoms with Crippen LogP contribution in [0.5, 0.6) is 34.5 Å². The molecule has 0 amide bonds. The highest BCUT2D eigenvalue weighted by Gasteiger charge is 2.16. The summed E-state index contributed by atoms with van der Waals surface area (Å²) in [7, 11) is 11.8. The smallest absolute Gasteiger partial charge is 0.174 e. The van der Waals surface area contributed by atoms with Gasteiger partial charge in [0.25, 0.3) is 0 Å². The second kappa shape index (κ2) is 77.0. The van der Waals surface area contributed by atoms with Crippen molar-refractivity contribution in [3.05, 3.63) is 364 Å². The Morgan fingerprint density at radius 2 is 0.421 bits per heavy atom. The topological polar surface area (TPSA) is 283 Å². The fourth-order valence-corrected chi connectivity index (χ4v) is 12.9. The summed E-state index contributed by atoms with van der Waals surface area (Å²) in [5.74, 6) is 5.45. The number of hydrogen-bond donors (Lipinski definition) is 2. The first-order valence-electron chi connectivity index (χ1n) is 48.7. The molecule has 0 bridgehead atoms. The van der Waals surface area contributed by atoms with E-state index in [0.29, 0.717) is 109 Å². The molecule has 0 saturated heterocycles. The van der Waals surface area contributed by atoms with Gasteiger partial charge in [-0.25, -0.2) is 0 Å². The van der Waals surface area contributed by atoms with E-state index in [1.807, 2.05) is 273 Å². The lowest BCUT2D eigenvalue weighted by Gasteiger charge is -2.21. The molecule has 744 valence electrons. The molecule has 6 atom stereocenters. The van der Waals surface area contributed by atoms with E-state index in [1.165, 1.54) is 61.2 Å². The van der Waals surface area contributed by atoms with Gasteiger partial charge in [-0.1, -0.05) is 292 Å². The Labute approximate surface area is 840 Å². The van der Waals surface area contributed by atoms with Crippen molar-refractivity contribution in [2.75, 3.05) is 81.6 Å². The van der Waals surface area contributed by atoms with Gasteiger partial charge in [0.05, 0.1) is 75.7 Å². The number of nitrogens with one attached hydrogen (secondary N) is 1. The minimum atomic E-state index is 0.289. The standard InChI is InChI=1S/5C19H22N2O.C12H16N2O.C3H6N4.4C2H6/c5*1-16(21(2)13-12-20)14-17-8-10-19(11-9-17)22-15-18-6-4-3-5-7-18;1-10(14(2)8-7-13)9-11-3-5-12(15)6-4-11;1-2-3-4-6-7-5-3;4*1-2/h5*3-11,16H,13-15H2,1-2H3;3-6,10,15H,8-9H2,1-2H3;2H2,1H3,(H,4,5,6,7);4*1-2H3. The molecule has 0 aliphatic rings. The van der Waals surface area contributed by atoms with Crippen molar-refractivity contribution in [2.24, 2.45) is 0 Å². The number of ether oxygens (including phenoxy) is 5. The number of hydrogen-bond acceptors (Lipinski definition) is 21. The summed E-state index contributed by atoms with van der Waals surface area (Å²) in [6.07, 6.45) is 6.37. The Morgan fingerprint density at radius 1 is 0.257 bits per heavy atom. The first kappa shape index (κ1) is 122. The van der Waals surface area contributed by atoms with Gasteiger partial charge < -0.3 is 28.8 Å². The minimum absolute atomic E-state index is 0.289. The number of tetrazole rings is 1. The zero-order valence-electron chi connectivity index (χ0n) is 87.2. The molecule has 0 aliphatic carbocycles. The number of H-pyrrole nitrogens is 1. The van der Waals surface area contributed by atoms with Crippen LogP contribution in [0.2, 0.25) is 0 Å². The Kier molecular flexibility index (Phi) is 67.1. The number of aryl methyl sites for hydroxylation is 1. The molecule has 22 heteroatoms. The van der Waals surface area contributed by atoms with Gasteiger partial charge in [-0.05, 0) is 256 Å². The molecule has 12 rings (SSSR count). The SMILES string of the molecule is CC.CC.CC.CC.CC(Cc1ccc(O)cc1)N(C)CC#N.CC(Cc1ccc(OCc2ccccc2)cc1)N(C)CC#N.CC(Cc1ccc(OCc2ccccc2)cc1)N(C)CC#N.CC(Cc1ccc(OCc2ccccc2)cc1)N(C)CC#N.CC(Cc1ccc(OCc2ccccc2)cc1)N(C)CC#N.CC(Cc1ccc(OCc2ccccc2)cc1)N(C)CC#N.CCc1nn[nH]n1. The fraction of sp³-hybridized carbons (Fsp3) is 0.381.